The van der Waals surface area contributed by atoms with Crippen molar-refractivity contribution in [2.45, 2.75) is 13.0 Å². The molecule has 20 heavy (non-hydrogen) atoms. The van der Waals surface area contributed by atoms with Crippen LogP contribution in [-0.4, -0.2) is 13.6 Å². The summed E-state index contributed by atoms with van der Waals surface area (Å²) in [5.41, 5.74) is 4.89. The number of fused-ring (bicyclic) bond motifs is 1. The number of hydrogen-bond donors (Lipinski definition) is 1. The summed E-state index contributed by atoms with van der Waals surface area (Å²) in [6, 6.07) is 12.1. The zero-order valence-corrected chi connectivity index (χ0v) is 12.8. The van der Waals surface area contributed by atoms with Gasteiger partial charge in [-0.1, -0.05) is 35.3 Å². The van der Waals surface area contributed by atoms with Gasteiger partial charge in [-0.15, -0.1) is 0 Å². The smallest absolute Gasteiger partial charge is 0.0638 e. The SMILES string of the molecule is CN1CCc2cc(CNc3cc(Cl)ccc3Cl)ccc21. The summed E-state index contributed by atoms with van der Waals surface area (Å²) in [4.78, 5) is 2.29. The molecule has 0 atom stereocenters. The van der Waals surface area contributed by atoms with Gasteiger partial charge < -0.3 is 10.2 Å². The Balaban J connectivity index is 1.74. The Kier molecular flexibility index (Phi) is 3.77. The van der Waals surface area contributed by atoms with E-state index in [0.29, 0.717) is 10.0 Å². The number of nitrogens with one attached hydrogen (secondary N) is 1. The largest absolute Gasteiger partial charge is 0.380 e. The summed E-state index contributed by atoms with van der Waals surface area (Å²) in [6.07, 6.45) is 1.12. The maximum Gasteiger partial charge on any atom is 0.0638 e. The van der Waals surface area contributed by atoms with Crippen LogP contribution in [0.5, 0.6) is 0 Å². The molecule has 2 aromatic rings. The van der Waals surface area contributed by atoms with E-state index in [-0.39, 0.29) is 0 Å². The molecule has 1 aliphatic rings. The normalized spacial score (nSPS) is 13.4. The van der Waals surface area contributed by atoms with Crippen LogP contribution in [0.1, 0.15) is 11.1 Å². The number of benzene rings is 2. The molecule has 1 aliphatic heterocycles. The maximum absolute atomic E-state index is 6.15. The summed E-state index contributed by atoms with van der Waals surface area (Å²) in [6.45, 7) is 1.85. The summed E-state index contributed by atoms with van der Waals surface area (Å²) < 4.78 is 0. The van der Waals surface area contributed by atoms with Crippen LogP contribution in [-0.2, 0) is 13.0 Å². The van der Waals surface area contributed by atoms with E-state index in [1.54, 1.807) is 6.07 Å². The Morgan fingerprint density at radius 1 is 1.15 bits per heavy atom. The van der Waals surface area contributed by atoms with Crippen molar-refractivity contribution in [1.82, 2.24) is 0 Å². The van der Waals surface area contributed by atoms with Gasteiger partial charge in [-0.05, 0) is 41.8 Å². The number of anilines is 2. The van der Waals surface area contributed by atoms with Gasteiger partial charge in [-0.2, -0.15) is 0 Å². The van der Waals surface area contributed by atoms with Gasteiger partial charge in [0.25, 0.3) is 0 Å². The molecule has 0 radical (unpaired) electrons. The van der Waals surface area contributed by atoms with Crippen molar-refractivity contribution in [2.75, 3.05) is 23.8 Å². The Bertz CT molecular complexity index is 640. The minimum atomic E-state index is 0.687. The van der Waals surface area contributed by atoms with Gasteiger partial charge in [0.05, 0.1) is 10.7 Å². The van der Waals surface area contributed by atoms with Gasteiger partial charge in [-0.25, -0.2) is 0 Å². The predicted molar refractivity (Wildman–Crippen MR) is 87.2 cm³/mol. The fraction of sp³-hybridized carbons (Fsp3) is 0.250. The third-order valence-corrected chi connectivity index (χ3v) is 4.25. The minimum Gasteiger partial charge on any atom is -0.380 e. The lowest BCUT2D eigenvalue weighted by Crippen LogP contribution is -2.12. The zero-order valence-electron chi connectivity index (χ0n) is 11.3. The van der Waals surface area contributed by atoms with Crippen LogP contribution < -0.4 is 10.2 Å². The van der Waals surface area contributed by atoms with E-state index in [2.05, 4.69) is 35.5 Å². The molecule has 1 N–H and O–H groups in total. The van der Waals surface area contributed by atoms with Crippen LogP contribution >= 0.6 is 23.2 Å². The number of likely N-dealkylation sites (N-methyl/N-ethyl adjacent to an activating group) is 1. The molecule has 0 saturated carbocycles. The average Bonchev–Trinajstić information content (AvgIpc) is 2.81. The average molecular weight is 307 g/mol. The molecule has 0 unspecified atom stereocenters. The molecule has 2 aromatic carbocycles. The van der Waals surface area contributed by atoms with Crippen LogP contribution in [0.2, 0.25) is 10.0 Å². The van der Waals surface area contributed by atoms with E-state index in [1.165, 1.54) is 16.8 Å². The number of hydrogen-bond acceptors (Lipinski definition) is 2. The van der Waals surface area contributed by atoms with Gasteiger partial charge >= 0.3 is 0 Å². The molecule has 3 rings (SSSR count). The summed E-state index contributed by atoms with van der Waals surface area (Å²) >= 11 is 12.1. The van der Waals surface area contributed by atoms with Crippen LogP contribution in [0.4, 0.5) is 11.4 Å². The lowest BCUT2D eigenvalue weighted by Gasteiger charge is -2.13. The molecule has 4 heteroatoms. The van der Waals surface area contributed by atoms with Crippen LogP contribution in [0.25, 0.3) is 0 Å². The molecular weight excluding hydrogens is 291 g/mol. The number of halogens is 2. The first-order valence-electron chi connectivity index (χ1n) is 6.65. The first kappa shape index (κ1) is 13.6. The van der Waals surface area contributed by atoms with E-state index in [4.69, 9.17) is 23.2 Å². The molecular formula is C16H16Cl2N2. The fourth-order valence-corrected chi connectivity index (χ4v) is 2.92. The summed E-state index contributed by atoms with van der Waals surface area (Å²) in [7, 11) is 2.13. The van der Waals surface area contributed by atoms with Gasteiger partial charge in [0.1, 0.15) is 0 Å². The third-order valence-electron chi connectivity index (χ3n) is 3.68. The van der Waals surface area contributed by atoms with Crippen LogP contribution in [0.3, 0.4) is 0 Å². The molecule has 0 aliphatic carbocycles. The van der Waals surface area contributed by atoms with Crippen molar-refractivity contribution in [1.29, 1.82) is 0 Å². The molecule has 2 nitrogen and oxygen atoms in total. The van der Waals surface area contributed by atoms with Crippen molar-refractivity contribution < 1.29 is 0 Å². The predicted octanol–water partition coefficient (Wildman–Crippen LogP) is 4.60. The number of rotatable bonds is 3. The van der Waals surface area contributed by atoms with Crippen molar-refractivity contribution >= 4 is 34.6 Å². The molecule has 0 bridgehead atoms. The van der Waals surface area contributed by atoms with Gasteiger partial charge in [0.15, 0.2) is 0 Å². The highest BCUT2D eigenvalue weighted by molar-refractivity contribution is 6.35. The van der Waals surface area contributed by atoms with Crippen molar-refractivity contribution in [3.8, 4) is 0 Å². The van der Waals surface area contributed by atoms with Crippen molar-refractivity contribution in [2.24, 2.45) is 0 Å². The highest BCUT2D eigenvalue weighted by atomic mass is 35.5. The van der Waals surface area contributed by atoms with E-state index >= 15 is 0 Å². The van der Waals surface area contributed by atoms with Crippen LogP contribution in [0.15, 0.2) is 36.4 Å². The topological polar surface area (TPSA) is 15.3 Å². The highest BCUT2D eigenvalue weighted by Gasteiger charge is 2.15. The molecule has 0 aromatic heterocycles. The molecule has 0 saturated heterocycles. The lowest BCUT2D eigenvalue weighted by atomic mass is 10.1. The first-order valence-corrected chi connectivity index (χ1v) is 7.41. The minimum absolute atomic E-state index is 0.687. The second-order valence-corrected chi connectivity index (χ2v) is 5.96. The number of nitrogens with zero attached hydrogens (tertiary/aromatic N) is 1. The van der Waals surface area contributed by atoms with E-state index in [1.807, 2.05) is 12.1 Å². The standard InChI is InChI=1S/C16H16Cl2N2/c1-20-7-6-12-8-11(2-5-16(12)20)10-19-15-9-13(17)3-4-14(15)18/h2-5,8-9,19H,6-7,10H2,1H3. The zero-order chi connectivity index (χ0) is 14.1. The quantitative estimate of drug-likeness (QED) is 0.891. The molecule has 0 fully saturated rings. The van der Waals surface area contributed by atoms with Gasteiger partial charge in [-0.3, -0.25) is 0 Å². The Morgan fingerprint density at radius 3 is 2.85 bits per heavy atom. The summed E-state index contributed by atoms with van der Waals surface area (Å²) in [5, 5.41) is 4.72. The maximum atomic E-state index is 6.15. The van der Waals surface area contributed by atoms with E-state index in [0.717, 1.165) is 25.2 Å². The van der Waals surface area contributed by atoms with Gasteiger partial charge in [0.2, 0.25) is 0 Å². The van der Waals surface area contributed by atoms with E-state index in [9.17, 15) is 0 Å². The second kappa shape index (κ2) is 5.55. The fourth-order valence-electron chi connectivity index (χ4n) is 2.56. The summed E-state index contributed by atoms with van der Waals surface area (Å²) in [5.74, 6) is 0. The molecule has 0 amide bonds. The molecule has 0 spiro atoms. The van der Waals surface area contributed by atoms with E-state index < -0.39 is 0 Å². The van der Waals surface area contributed by atoms with Crippen molar-refractivity contribution in [3.05, 3.63) is 57.6 Å². The third kappa shape index (κ3) is 2.72. The Morgan fingerprint density at radius 2 is 2.00 bits per heavy atom. The Labute approximate surface area is 129 Å². The first-order chi connectivity index (χ1) is 9.63. The molecule has 1 heterocycles. The lowest BCUT2D eigenvalue weighted by molar-refractivity contribution is 0.955. The van der Waals surface area contributed by atoms with Gasteiger partial charge in [0, 0.05) is 30.8 Å². The Hall–Kier alpha value is -1.38. The van der Waals surface area contributed by atoms with Crippen LogP contribution in [0, 0.1) is 0 Å². The monoisotopic (exact) mass is 306 g/mol. The highest BCUT2D eigenvalue weighted by Crippen LogP contribution is 2.29. The van der Waals surface area contributed by atoms with Crippen molar-refractivity contribution in [3.63, 3.8) is 0 Å². The molecule has 104 valence electrons. The second-order valence-electron chi connectivity index (χ2n) is 5.11.